The highest BCUT2D eigenvalue weighted by Crippen LogP contribution is 2.35. The largest absolute Gasteiger partial charge is 0.463 e. The molecule has 0 radical (unpaired) electrons. The van der Waals surface area contributed by atoms with Crippen LogP contribution >= 0.6 is 0 Å². The van der Waals surface area contributed by atoms with Crippen LogP contribution in [0.2, 0.25) is 0 Å². The zero-order valence-corrected chi connectivity index (χ0v) is 19.4. The topological polar surface area (TPSA) is 99.9 Å². The predicted molar refractivity (Wildman–Crippen MR) is 124 cm³/mol. The minimum absolute atomic E-state index is 0.000929. The lowest BCUT2D eigenvalue weighted by Crippen LogP contribution is -2.50. The molecule has 2 aromatic carbocycles. The fourth-order valence-electron chi connectivity index (χ4n) is 4.11. The van der Waals surface area contributed by atoms with E-state index in [2.05, 4.69) is 6.07 Å². The van der Waals surface area contributed by atoms with Crippen molar-refractivity contribution in [1.29, 1.82) is 5.26 Å². The number of esters is 1. The zero-order chi connectivity index (χ0) is 24.5. The van der Waals surface area contributed by atoms with E-state index in [4.69, 9.17) is 14.7 Å². The van der Waals surface area contributed by atoms with Gasteiger partial charge in [-0.15, -0.1) is 0 Å². The van der Waals surface area contributed by atoms with E-state index in [1.165, 1.54) is 9.80 Å². The highest BCUT2D eigenvalue weighted by molar-refractivity contribution is 5.96. The van der Waals surface area contributed by atoms with Gasteiger partial charge in [-0.1, -0.05) is 60.7 Å². The fourth-order valence-corrected chi connectivity index (χ4v) is 4.11. The highest BCUT2D eigenvalue weighted by atomic mass is 16.6. The van der Waals surface area contributed by atoms with Crippen LogP contribution in [0.15, 0.2) is 60.7 Å². The van der Waals surface area contributed by atoms with Gasteiger partial charge in [0.1, 0.15) is 12.6 Å². The van der Waals surface area contributed by atoms with Gasteiger partial charge in [-0.25, -0.2) is 9.59 Å². The summed E-state index contributed by atoms with van der Waals surface area (Å²) in [6, 6.07) is 19.1. The van der Waals surface area contributed by atoms with E-state index in [0.717, 1.165) is 11.1 Å². The molecule has 0 aromatic heterocycles. The second kappa shape index (κ2) is 11.8. The Balaban J connectivity index is 1.95. The van der Waals surface area contributed by atoms with Crippen molar-refractivity contribution in [1.82, 2.24) is 9.80 Å². The molecule has 0 saturated carbocycles. The maximum Gasteiger partial charge on any atom is 0.412 e. The summed E-state index contributed by atoms with van der Waals surface area (Å²) in [5.74, 6) is -1.07. The Morgan fingerprint density at radius 3 is 2.32 bits per heavy atom. The number of nitrogens with zero attached hydrogens (tertiary/aromatic N) is 3. The second-order valence-corrected chi connectivity index (χ2v) is 7.97. The Morgan fingerprint density at radius 1 is 1.06 bits per heavy atom. The van der Waals surface area contributed by atoms with Crippen molar-refractivity contribution in [3.8, 4) is 6.07 Å². The first-order valence-corrected chi connectivity index (χ1v) is 11.4. The van der Waals surface area contributed by atoms with Gasteiger partial charge in [-0.3, -0.25) is 9.69 Å². The normalized spacial score (nSPS) is 18.3. The van der Waals surface area contributed by atoms with Crippen molar-refractivity contribution in [2.24, 2.45) is 0 Å². The van der Waals surface area contributed by atoms with E-state index >= 15 is 0 Å². The molecular weight excluding hydrogens is 434 g/mol. The van der Waals surface area contributed by atoms with Crippen molar-refractivity contribution in [3.05, 3.63) is 71.8 Å². The maximum atomic E-state index is 13.6. The lowest BCUT2D eigenvalue weighted by molar-refractivity contribution is -0.156. The quantitative estimate of drug-likeness (QED) is 0.409. The molecule has 0 bridgehead atoms. The molecule has 0 spiro atoms. The number of nitriles is 1. The molecule has 2 aromatic rings. The molecule has 1 saturated heterocycles. The van der Waals surface area contributed by atoms with E-state index in [9.17, 15) is 14.4 Å². The number of unbranched alkanes of at least 4 members (excludes halogenated alkanes) is 1. The molecule has 0 unspecified atom stereocenters. The molecule has 0 aliphatic carbocycles. The monoisotopic (exact) mass is 463 g/mol. The molecule has 2 amide bonds. The average Bonchev–Trinajstić information content (AvgIpc) is 3.15. The third kappa shape index (κ3) is 5.54. The first kappa shape index (κ1) is 24.8. The van der Waals surface area contributed by atoms with E-state index in [0.29, 0.717) is 6.42 Å². The number of carbonyl (C=O) groups excluding carboxylic acids is 3. The molecular formula is C26H29N3O5. The van der Waals surface area contributed by atoms with Gasteiger partial charge in [0.2, 0.25) is 12.1 Å². The van der Waals surface area contributed by atoms with E-state index in [1.54, 1.807) is 6.92 Å². The zero-order valence-electron chi connectivity index (χ0n) is 19.4. The van der Waals surface area contributed by atoms with Gasteiger partial charge >= 0.3 is 12.1 Å². The minimum atomic E-state index is -1.27. The van der Waals surface area contributed by atoms with Gasteiger partial charge in [0.05, 0.1) is 18.7 Å². The van der Waals surface area contributed by atoms with Crippen LogP contribution in [0.5, 0.6) is 0 Å². The number of benzene rings is 2. The van der Waals surface area contributed by atoms with Crippen LogP contribution in [0, 0.1) is 11.3 Å². The lowest BCUT2D eigenvalue weighted by Gasteiger charge is -2.32. The van der Waals surface area contributed by atoms with Gasteiger partial charge < -0.3 is 14.4 Å². The number of amides is 2. The van der Waals surface area contributed by atoms with Gasteiger partial charge in [-0.05, 0) is 37.8 Å². The molecule has 1 fully saturated rings. The first-order chi connectivity index (χ1) is 16.5. The fraction of sp³-hybridized carbons (Fsp3) is 0.385. The van der Waals surface area contributed by atoms with Crippen molar-refractivity contribution in [3.63, 3.8) is 0 Å². The third-order valence-corrected chi connectivity index (χ3v) is 5.78. The summed E-state index contributed by atoms with van der Waals surface area (Å²) in [7, 11) is 0. The highest BCUT2D eigenvalue weighted by Gasteiger charge is 2.54. The second-order valence-electron chi connectivity index (χ2n) is 7.97. The third-order valence-electron chi connectivity index (χ3n) is 5.78. The Morgan fingerprint density at radius 2 is 1.71 bits per heavy atom. The average molecular weight is 464 g/mol. The molecule has 8 nitrogen and oxygen atoms in total. The maximum absolute atomic E-state index is 13.6. The lowest BCUT2D eigenvalue weighted by atomic mass is 10.1. The smallest absolute Gasteiger partial charge is 0.412 e. The van der Waals surface area contributed by atoms with Gasteiger partial charge in [0.15, 0.2) is 0 Å². The van der Waals surface area contributed by atoms with Crippen LogP contribution in [-0.4, -0.2) is 46.6 Å². The standard InChI is InChI=1S/C26H29N3O5/c1-3-33-25(31)23-28(19(2)21-14-8-5-9-15-21)24(30)22(16-10-11-17-27)29(23)26(32)34-18-20-12-6-4-7-13-20/h4-9,12-15,19,22-23H,3,10-11,16,18H2,1-2H3/t19-,22+,23+/m0/s1. The predicted octanol–water partition coefficient (Wildman–Crippen LogP) is 4.18. The minimum Gasteiger partial charge on any atom is -0.463 e. The molecule has 8 heteroatoms. The number of hydrogen-bond acceptors (Lipinski definition) is 6. The summed E-state index contributed by atoms with van der Waals surface area (Å²) in [5.41, 5.74) is 1.60. The molecule has 3 atom stereocenters. The van der Waals surface area contributed by atoms with E-state index in [-0.39, 0.29) is 32.0 Å². The number of ether oxygens (including phenoxy) is 2. The summed E-state index contributed by atoms with van der Waals surface area (Å²) in [4.78, 5) is 42.6. The molecule has 1 aliphatic heterocycles. The summed E-state index contributed by atoms with van der Waals surface area (Å²) < 4.78 is 10.8. The molecule has 34 heavy (non-hydrogen) atoms. The van der Waals surface area contributed by atoms with Crippen molar-refractivity contribution >= 4 is 18.0 Å². The van der Waals surface area contributed by atoms with Crippen LogP contribution < -0.4 is 0 Å². The first-order valence-electron chi connectivity index (χ1n) is 11.4. The number of rotatable bonds is 9. The number of carbonyl (C=O) groups is 3. The Kier molecular flexibility index (Phi) is 8.63. The van der Waals surface area contributed by atoms with E-state index in [1.807, 2.05) is 67.6 Å². The van der Waals surface area contributed by atoms with Crippen LogP contribution in [0.1, 0.15) is 50.3 Å². The molecule has 1 aliphatic rings. The molecule has 178 valence electrons. The van der Waals surface area contributed by atoms with Crippen molar-refractivity contribution in [2.75, 3.05) is 6.61 Å². The van der Waals surface area contributed by atoms with Gasteiger partial charge in [0, 0.05) is 6.42 Å². The van der Waals surface area contributed by atoms with Crippen LogP contribution in [0.4, 0.5) is 4.79 Å². The summed E-state index contributed by atoms with van der Waals surface area (Å²) in [6.07, 6.45) is -1.17. The molecule has 0 N–H and O–H groups in total. The SMILES string of the molecule is CCOC(=O)[C@H]1N(C(=O)OCc2ccccc2)[C@H](CCCC#N)C(=O)N1[C@@H](C)c1ccccc1. The van der Waals surface area contributed by atoms with Crippen LogP contribution in [-0.2, 0) is 25.7 Å². The Hall–Kier alpha value is -3.86. The van der Waals surface area contributed by atoms with Gasteiger partial charge in [0.25, 0.3) is 0 Å². The Labute approximate surface area is 199 Å². The Bertz CT molecular complexity index is 1020. The van der Waals surface area contributed by atoms with E-state index < -0.39 is 30.3 Å². The van der Waals surface area contributed by atoms with Crippen LogP contribution in [0.3, 0.4) is 0 Å². The summed E-state index contributed by atoms with van der Waals surface area (Å²) >= 11 is 0. The van der Waals surface area contributed by atoms with Crippen molar-refractivity contribution < 1.29 is 23.9 Å². The van der Waals surface area contributed by atoms with Crippen LogP contribution in [0.25, 0.3) is 0 Å². The molecule has 1 heterocycles. The summed E-state index contributed by atoms with van der Waals surface area (Å²) in [5, 5.41) is 8.97. The molecule has 3 rings (SSSR count). The van der Waals surface area contributed by atoms with Crippen molar-refractivity contribution in [2.45, 2.75) is 58.0 Å². The summed E-state index contributed by atoms with van der Waals surface area (Å²) in [6.45, 7) is 3.58. The van der Waals surface area contributed by atoms with Gasteiger partial charge in [-0.2, -0.15) is 5.26 Å². The number of hydrogen-bond donors (Lipinski definition) is 0.